The van der Waals surface area contributed by atoms with Gasteiger partial charge in [0.15, 0.2) is 11.5 Å². The molecule has 0 aliphatic carbocycles. The second-order valence-corrected chi connectivity index (χ2v) is 7.65. The third-order valence-electron chi connectivity index (χ3n) is 5.23. The number of nitrogens with zero attached hydrogens (tertiary/aromatic N) is 1. The molecule has 0 spiro atoms. The number of benzene rings is 2. The first-order valence-corrected chi connectivity index (χ1v) is 10.4. The zero-order chi connectivity index (χ0) is 21.3. The summed E-state index contributed by atoms with van der Waals surface area (Å²) in [5.74, 6) is 0.230. The zero-order valence-corrected chi connectivity index (χ0v) is 17.4. The van der Waals surface area contributed by atoms with Gasteiger partial charge in [0.2, 0.25) is 0 Å². The molecule has 1 saturated heterocycles. The Morgan fingerprint density at radius 1 is 1.03 bits per heavy atom. The highest BCUT2D eigenvalue weighted by Crippen LogP contribution is 2.28. The number of rotatable bonds is 10. The maximum absolute atomic E-state index is 13.7. The Balaban J connectivity index is 1.53. The number of methoxy groups -OCH3 is 1. The van der Waals surface area contributed by atoms with Crippen molar-refractivity contribution in [3.8, 4) is 11.5 Å². The minimum Gasteiger partial charge on any atom is -0.493 e. The summed E-state index contributed by atoms with van der Waals surface area (Å²) in [6, 6.07) is 8.93. The van der Waals surface area contributed by atoms with E-state index in [4.69, 9.17) is 9.47 Å². The summed E-state index contributed by atoms with van der Waals surface area (Å²) < 4.78 is 38.2. The molecular weight excluding hydrogens is 390 g/mol. The van der Waals surface area contributed by atoms with Gasteiger partial charge in [-0.15, -0.1) is 0 Å². The van der Waals surface area contributed by atoms with E-state index in [-0.39, 0.29) is 18.7 Å². The van der Waals surface area contributed by atoms with Crippen LogP contribution in [0.25, 0.3) is 0 Å². The van der Waals surface area contributed by atoms with Gasteiger partial charge in [0, 0.05) is 25.2 Å². The summed E-state index contributed by atoms with van der Waals surface area (Å²) >= 11 is 0. The number of likely N-dealkylation sites (tertiary alicyclic amines) is 1. The van der Waals surface area contributed by atoms with Crippen LogP contribution in [0.3, 0.4) is 0 Å². The SMILES string of the molecule is COc1ccc(CNCc2cc(F)ccc2F)cc1OCC(O)CN1CCCCC1. The lowest BCUT2D eigenvalue weighted by atomic mass is 10.1. The van der Waals surface area contributed by atoms with Gasteiger partial charge < -0.3 is 24.8 Å². The Morgan fingerprint density at radius 3 is 2.60 bits per heavy atom. The van der Waals surface area contributed by atoms with Gasteiger partial charge >= 0.3 is 0 Å². The predicted molar refractivity (Wildman–Crippen MR) is 112 cm³/mol. The largest absolute Gasteiger partial charge is 0.493 e. The Kier molecular flexibility index (Phi) is 8.42. The van der Waals surface area contributed by atoms with E-state index in [1.807, 2.05) is 12.1 Å². The van der Waals surface area contributed by atoms with Crippen LogP contribution in [0.5, 0.6) is 11.5 Å². The second kappa shape index (κ2) is 11.2. The van der Waals surface area contributed by atoms with Crippen molar-refractivity contribution in [3.05, 3.63) is 59.2 Å². The molecule has 1 heterocycles. The molecule has 30 heavy (non-hydrogen) atoms. The van der Waals surface area contributed by atoms with Crippen LogP contribution in [0, 0.1) is 11.6 Å². The monoisotopic (exact) mass is 420 g/mol. The molecule has 1 aliphatic heterocycles. The van der Waals surface area contributed by atoms with Crippen molar-refractivity contribution in [2.24, 2.45) is 0 Å². The molecule has 0 radical (unpaired) electrons. The summed E-state index contributed by atoms with van der Waals surface area (Å²) in [5, 5.41) is 13.4. The highest BCUT2D eigenvalue weighted by molar-refractivity contribution is 5.43. The molecule has 0 amide bonds. The minimum absolute atomic E-state index is 0.179. The number of hydrogen-bond donors (Lipinski definition) is 2. The first kappa shape index (κ1) is 22.5. The summed E-state index contributed by atoms with van der Waals surface area (Å²) in [6.07, 6.45) is 3.03. The van der Waals surface area contributed by atoms with Crippen molar-refractivity contribution >= 4 is 0 Å². The van der Waals surface area contributed by atoms with E-state index in [1.54, 1.807) is 13.2 Å². The fraction of sp³-hybridized carbons (Fsp3) is 0.478. The van der Waals surface area contributed by atoms with Gasteiger partial charge in [-0.05, 0) is 61.8 Å². The number of piperidine rings is 1. The number of ether oxygens (including phenoxy) is 2. The van der Waals surface area contributed by atoms with Crippen LogP contribution < -0.4 is 14.8 Å². The Morgan fingerprint density at radius 2 is 1.83 bits per heavy atom. The fourth-order valence-corrected chi connectivity index (χ4v) is 3.64. The number of aliphatic hydroxyl groups is 1. The molecule has 1 unspecified atom stereocenters. The van der Waals surface area contributed by atoms with Crippen LogP contribution in [-0.4, -0.2) is 49.5 Å². The van der Waals surface area contributed by atoms with Crippen molar-refractivity contribution < 1.29 is 23.4 Å². The van der Waals surface area contributed by atoms with Gasteiger partial charge in [-0.25, -0.2) is 8.78 Å². The highest BCUT2D eigenvalue weighted by atomic mass is 19.1. The van der Waals surface area contributed by atoms with Crippen molar-refractivity contribution in [3.63, 3.8) is 0 Å². The highest BCUT2D eigenvalue weighted by Gasteiger charge is 2.16. The topological polar surface area (TPSA) is 54.0 Å². The number of β-amino-alcohol motifs (C(OH)–C–C–N with tert-alkyl or cyclic N) is 1. The first-order valence-electron chi connectivity index (χ1n) is 10.4. The molecule has 2 aromatic rings. The third kappa shape index (κ3) is 6.65. The van der Waals surface area contributed by atoms with Crippen molar-refractivity contribution in [2.75, 3.05) is 33.4 Å². The quantitative estimate of drug-likeness (QED) is 0.616. The van der Waals surface area contributed by atoms with Crippen LogP contribution >= 0.6 is 0 Å². The first-order chi connectivity index (χ1) is 14.5. The molecule has 1 aliphatic rings. The summed E-state index contributed by atoms with van der Waals surface area (Å²) in [6.45, 7) is 3.48. The lowest BCUT2D eigenvalue weighted by Crippen LogP contribution is -2.38. The molecule has 2 aromatic carbocycles. The van der Waals surface area contributed by atoms with Gasteiger partial charge in [0.05, 0.1) is 7.11 Å². The van der Waals surface area contributed by atoms with Gasteiger partial charge in [-0.2, -0.15) is 0 Å². The van der Waals surface area contributed by atoms with E-state index in [0.717, 1.165) is 30.8 Å². The molecule has 0 bridgehead atoms. The Hall–Kier alpha value is -2.22. The molecule has 3 rings (SSSR count). The van der Waals surface area contributed by atoms with E-state index in [2.05, 4.69) is 10.2 Å². The molecule has 0 aromatic heterocycles. The van der Waals surface area contributed by atoms with Gasteiger partial charge in [0.25, 0.3) is 0 Å². The average molecular weight is 421 g/mol. The van der Waals surface area contributed by atoms with Crippen LogP contribution in [0.1, 0.15) is 30.4 Å². The van der Waals surface area contributed by atoms with Crippen LogP contribution in [-0.2, 0) is 13.1 Å². The van der Waals surface area contributed by atoms with Crippen molar-refractivity contribution in [1.29, 1.82) is 0 Å². The van der Waals surface area contributed by atoms with Crippen LogP contribution in [0.4, 0.5) is 8.78 Å². The molecule has 1 fully saturated rings. The van der Waals surface area contributed by atoms with Gasteiger partial charge in [0.1, 0.15) is 24.3 Å². The van der Waals surface area contributed by atoms with E-state index < -0.39 is 17.7 Å². The van der Waals surface area contributed by atoms with Gasteiger partial charge in [-0.3, -0.25) is 0 Å². The molecule has 2 N–H and O–H groups in total. The number of nitrogens with one attached hydrogen (secondary N) is 1. The second-order valence-electron chi connectivity index (χ2n) is 7.65. The normalized spacial score (nSPS) is 15.7. The number of halogens is 2. The number of aliphatic hydroxyl groups excluding tert-OH is 1. The lowest BCUT2D eigenvalue weighted by Gasteiger charge is -2.28. The zero-order valence-electron chi connectivity index (χ0n) is 17.4. The minimum atomic E-state index is -0.578. The number of hydrogen-bond acceptors (Lipinski definition) is 5. The van der Waals surface area contributed by atoms with Gasteiger partial charge in [-0.1, -0.05) is 12.5 Å². The Bertz CT molecular complexity index is 813. The van der Waals surface area contributed by atoms with Crippen LogP contribution in [0.2, 0.25) is 0 Å². The van der Waals surface area contributed by atoms with E-state index >= 15 is 0 Å². The van der Waals surface area contributed by atoms with Crippen LogP contribution in [0.15, 0.2) is 36.4 Å². The van der Waals surface area contributed by atoms with Crippen molar-refractivity contribution in [2.45, 2.75) is 38.5 Å². The molecule has 164 valence electrons. The molecule has 5 nitrogen and oxygen atoms in total. The van der Waals surface area contributed by atoms with Crippen molar-refractivity contribution in [1.82, 2.24) is 10.2 Å². The van der Waals surface area contributed by atoms with E-state index in [1.165, 1.54) is 25.3 Å². The summed E-state index contributed by atoms with van der Waals surface area (Å²) in [7, 11) is 1.57. The molecule has 1 atom stereocenters. The molecule has 0 saturated carbocycles. The maximum atomic E-state index is 13.7. The maximum Gasteiger partial charge on any atom is 0.161 e. The standard InChI is InChI=1S/C23H30F2N2O3/c1-29-22-8-5-17(13-26-14-18-12-19(24)6-7-21(18)25)11-23(22)30-16-20(28)15-27-9-3-2-4-10-27/h5-8,11-12,20,26,28H,2-4,9-10,13-16H2,1H3. The summed E-state index contributed by atoms with van der Waals surface area (Å²) in [5.41, 5.74) is 1.19. The summed E-state index contributed by atoms with van der Waals surface area (Å²) in [4.78, 5) is 2.26. The fourth-order valence-electron chi connectivity index (χ4n) is 3.64. The average Bonchev–Trinajstić information content (AvgIpc) is 2.75. The molecule has 7 heteroatoms. The Labute approximate surface area is 176 Å². The van der Waals surface area contributed by atoms with E-state index in [9.17, 15) is 13.9 Å². The third-order valence-corrected chi connectivity index (χ3v) is 5.23. The molecular formula is C23H30F2N2O3. The van der Waals surface area contributed by atoms with E-state index in [0.29, 0.717) is 24.6 Å². The smallest absolute Gasteiger partial charge is 0.161 e. The lowest BCUT2D eigenvalue weighted by molar-refractivity contribution is 0.0608. The predicted octanol–water partition coefficient (Wildman–Crippen LogP) is 3.49.